The van der Waals surface area contributed by atoms with Crippen molar-refractivity contribution in [3.05, 3.63) is 0 Å². The summed E-state index contributed by atoms with van der Waals surface area (Å²) in [6.45, 7) is 1.54. The van der Waals surface area contributed by atoms with E-state index in [0.717, 1.165) is 31.0 Å². The van der Waals surface area contributed by atoms with Crippen molar-refractivity contribution in [2.75, 3.05) is 13.2 Å². The topological polar surface area (TPSA) is 44.5 Å². The number of rotatable bonds is 0. The number of alkyl halides is 1. The van der Waals surface area contributed by atoms with E-state index in [1.165, 1.54) is 0 Å². The van der Waals surface area contributed by atoms with Crippen molar-refractivity contribution >= 4 is 28.3 Å². The second-order valence-electron chi connectivity index (χ2n) is 6.29. The van der Waals surface area contributed by atoms with Crippen LogP contribution in [0.5, 0.6) is 0 Å². The van der Waals surface area contributed by atoms with E-state index in [2.05, 4.69) is 15.9 Å². The number of hydrogen-bond donors (Lipinski definition) is 1. The predicted octanol–water partition coefficient (Wildman–Crippen LogP) is 0.748. The SMILES string of the molecule is Cl.NC12C3C4C5C1C2C(Br)(C43)C51OCCO1. The fraction of sp³-hybridized carbons (Fsp3) is 1.00. The zero-order chi connectivity index (χ0) is 9.79. The summed E-state index contributed by atoms with van der Waals surface area (Å²) in [6, 6.07) is 0. The minimum absolute atomic E-state index is 0. The first-order valence-corrected chi connectivity index (χ1v) is 6.74. The molecule has 3 nitrogen and oxygen atoms in total. The van der Waals surface area contributed by atoms with Gasteiger partial charge >= 0.3 is 0 Å². The van der Waals surface area contributed by atoms with E-state index in [0.29, 0.717) is 17.8 Å². The Bertz CT molecular complexity index is 442. The largest absolute Gasteiger partial charge is 0.346 e. The Kier molecular flexibility index (Phi) is 1.21. The molecule has 0 aromatic rings. The highest BCUT2D eigenvalue weighted by molar-refractivity contribution is 9.10. The van der Waals surface area contributed by atoms with Gasteiger partial charge in [-0.15, -0.1) is 12.4 Å². The minimum Gasteiger partial charge on any atom is -0.346 e. The zero-order valence-electron chi connectivity index (χ0n) is 8.56. The molecule has 0 amide bonds. The van der Waals surface area contributed by atoms with Gasteiger partial charge in [0.15, 0.2) is 5.79 Å². The van der Waals surface area contributed by atoms with Gasteiger partial charge < -0.3 is 15.2 Å². The van der Waals surface area contributed by atoms with Crippen LogP contribution in [-0.2, 0) is 9.47 Å². The van der Waals surface area contributed by atoms with E-state index >= 15 is 0 Å². The van der Waals surface area contributed by atoms with Crippen LogP contribution in [0.4, 0.5) is 0 Å². The monoisotopic (exact) mass is 305 g/mol. The van der Waals surface area contributed by atoms with Crippen molar-refractivity contribution in [2.24, 2.45) is 41.2 Å². The Balaban J connectivity index is 0.000000667. The minimum atomic E-state index is -0.270. The lowest BCUT2D eigenvalue weighted by molar-refractivity contribution is -0.191. The zero-order valence-corrected chi connectivity index (χ0v) is 11.0. The Morgan fingerprint density at radius 3 is 2.12 bits per heavy atom. The van der Waals surface area contributed by atoms with E-state index in [9.17, 15) is 0 Å². The van der Waals surface area contributed by atoms with Crippen molar-refractivity contribution in [3.8, 4) is 0 Å². The summed E-state index contributed by atoms with van der Waals surface area (Å²) in [5, 5.41) is 0. The van der Waals surface area contributed by atoms with Crippen LogP contribution in [0, 0.1) is 35.5 Å². The van der Waals surface area contributed by atoms with Gasteiger partial charge in [-0.05, 0) is 23.7 Å². The normalized spacial score (nSPS) is 76.9. The lowest BCUT2D eigenvalue weighted by Gasteiger charge is -2.37. The second kappa shape index (κ2) is 2.03. The first-order valence-electron chi connectivity index (χ1n) is 5.95. The lowest BCUT2D eigenvalue weighted by Crippen LogP contribution is -2.51. The molecule has 1 spiro atoms. The highest BCUT2D eigenvalue weighted by Gasteiger charge is 3.08. The van der Waals surface area contributed by atoms with Crippen molar-refractivity contribution < 1.29 is 9.47 Å². The molecule has 0 aromatic carbocycles. The molecule has 1 heterocycles. The quantitative estimate of drug-likeness (QED) is 0.672. The second-order valence-corrected chi connectivity index (χ2v) is 7.60. The van der Waals surface area contributed by atoms with Crippen LogP contribution in [0.1, 0.15) is 0 Å². The standard InChI is InChI=1S/C11H12BrNO2.ClH/c12-10-5-3-4(5)9(13)7(8(9)10)6(3)11(10)14-1-2-15-11;/h3-8H,1-2,13H2;1H. The molecule has 8 unspecified atom stereocenters. The average molecular weight is 307 g/mol. The maximum atomic E-state index is 6.54. The molecule has 6 saturated carbocycles. The summed E-state index contributed by atoms with van der Waals surface area (Å²) in [5.74, 6) is 4.08. The lowest BCUT2D eigenvalue weighted by atomic mass is 9.97. The van der Waals surface area contributed by atoms with Crippen LogP contribution in [-0.4, -0.2) is 28.9 Å². The van der Waals surface area contributed by atoms with Gasteiger partial charge in [-0.1, -0.05) is 15.9 Å². The molecule has 2 bridgehead atoms. The van der Waals surface area contributed by atoms with Crippen LogP contribution < -0.4 is 5.73 Å². The Morgan fingerprint density at radius 2 is 1.75 bits per heavy atom. The summed E-state index contributed by atoms with van der Waals surface area (Å²) in [7, 11) is 0. The first kappa shape index (κ1) is 9.56. The summed E-state index contributed by atoms with van der Waals surface area (Å²) < 4.78 is 12.1. The van der Waals surface area contributed by atoms with Crippen LogP contribution in [0.3, 0.4) is 0 Å². The van der Waals surface area contributed by atoms with Gasteiger partial charge in [0.25, 0.3) is 0 Å². The van der Waals surface area contributed by atoms with Gasteiger partial charge in [0.2, 0.25) is 0 Å². The molecule has 1 saturated heterocycles. The molecule has 8 atom stereocenters. The molecule has 1 aliphatic heterocycles. The fourth-order valence-electron chi connectivity index (χ4n) is 6.48. The Labute approximate surface area is 108 Å². The van der Waals surface area contributed by atoms with Crippen molar-refractivity contribution in [3.63, 3.8) is 0 Å². The van der Waals surface area contributed by atoms with Crippen molar-refractivity contribution in [1.82, 2.24) is 0 Å². The van der Waals surface area contributed by atoms with E-state index < -0.39 is 0 Å². The predicted molar refractivity (Wildman–Crippen MR) is 61.4 cm³/mol. The number of nitrogens with two attached hydrogens (primary N) is 1. The van der Waals surface area contributed by atoms with E-state index in [1.807, 2.05) is 0 Å². The number of ether oxygens (including phenoxy) is 2. The van der Waals surface area contributed by atoms with Gasteiger partial charge in [-0.3, -0.25) is 0 Å². The van der Waals surface area contributed by atoms with Crippen LogP contribution in [0.2, 0.25) is 0 Å². The first-order chi connectivity index (χ1) is 7.19. The maximum absolute atomic E-state index is 6.54. The van der Waals surface area contributed by atoms with Crippen molar-refractivity contribution in [2.45, 2.75) is 15.7 Å². The highest BCUT2D eigenvalue weighted by Crippen LogP contribution is 3.00. The fourth-order valence-corrected chi connectivity index (χ4v) is 8.24. The molecule has 16 heavy (non-hydrogen) atoms. The van der Waals surface area contributed by atoms with Crippen LogP contribution in [0.25, 0.3) is 0 Å². The smallest absolute Gasteiger partial charge is 0.187 e. The van der Waals surface area contributed by atoms with Crippen LogP contribution in [0.15, 0.2) is 0 Å². The molecule has 7 aliphatic rings. The Morgan fingerprint density at radius 1 is 1.06 bits per heavy atom. The molecule has 7 rings (SSSR count). The molecule has 2 N–H and O–H groups in total. The molecule has 7 fully saturated rings. The molecular formula is C11H13BrClNO2. The van der Waals surface area contributed by atoms with Gasteiger partial charge in [-0.2, -0.15) is 0 Å². The highest BCUT2D eigenvalue weighted by atomic mass is 79.9. The average Bonchev–Trinajstić information content (AvgIpc) is 2.86. The summed E-state index contributed by atoms with van der Waals surface area (Å²) in [6.07, 6.45) is 0. The molecule has 6 aliphatic carbocycles. The molecular weight excluding hydrogens is 293 g/mol. The van der Waals surface area contributed by atoms with Gasteiger partial charge in [0.1, 0.15) is 0 Å². The van der Waals surface area contributed by atoms with E-state index in [4.69, 9.17) is 15.2 Å². The van der Waals surface area contributed by atoms with Crippen LogP contribution >= 0.6 is 28.3 Å². The number of halogens is 2. The molecule has 0 radical (unpaired) electrons. The summed E-state index contributed by atoms with van der Waals surface area (Å²) in [4.78, 5) is 0. The maximum Gasteiger partial charge on any atom is 0.187 e. The Hall–Kier alpha value is 0.650. The summed E-state index contributed by atoms with van der Waals surface area (Å²) >= 11 is 4.01. The number of hydrogen-bond acceptors (Lipinski definition) is 3. The third-order valence-electron chi connectivity index (χ3n) is 6.45. The van der Waals surface area contributed by atoms with E-state index in [1.54, 1.807) is 0 Å². The third kappa shape index (κ3) is 0.490. The van der Waals surface area contributed by atoms with Crippen molar-refractivity contribution in [1.29, 1.82) is 0 Å². The molecule has 5 heteroatoms. The van der Waals surface area contributed by atoms with Gasteiger partial charge in [0.05, 0.1) is 17.5 Å². The van der Waals surface area contributed by atoms with E-state index in [-0.39, 0.29) is 28.1 Å². The molecule has 0 aromatic heterocycles. The molecule has 88 valence electrons. The van der Waals surface area contributed by atoms with Gasteiger partial charge in [0, 0.05) is 17.4 Å². The third-order valence-corrected chi connectivity index (χ3v) is 8.02. The van der Waals surface area contributed by atoms with Gasteiger partial charge in [-0.25, -0.2) is 0 Å². The summed E-state index contributed by atoms with van der Waals surface area (Å²) in [5.41, 5.74) is 6.72.